The zero-order valence-electron chi connectivity index (χ0n) is 6.01. The van der Waals surface area contributed by atoms with Crippen LogP contribution in [0.3, 0.4) is 0 Å². The molecule has 2 N–H and O–H groups in total. The van der Waals surface area contributed by atoms with Crippen LogP contribution >= 0.6 is 0 Å². The van der Waals surface area contributed by atoms with Crippen molar-refractivity contribution in [3.05, 3.63) is 0 Å². The average molecular weight is 125 g/mol. The largest absolute Gasteiger partial charge is 0.327 e. The molecular weight excluding hydrogens is 110 g/mol. The van der Waals surface area contributed by atoms with Crippen molar-refractivity contribution in [2.75, 3.05) is 0 Å². The molecule has 1 heteroatoms. The highest BCUT2D eigenvalue weighted by Crippen LogP contribution is 2.47. The van der Waals surface area contributed by atoms with Gasteiger partial charge < -0.3 is 5.73 Å². The molecule has 3 rings (SSSR count). The van der Waals surface area contributed by atoms with Gasteiger partial charge in [-0.3, -0.25) is 0 Å². The van der Waals surface area contributed by atoms with E-state index in [1.54, 1.807) is 0 Å². The van der Waals surface area contributed by atoms with E-state index >= 15 is 0 Å². The van der Waals surface area contributed by atoms with Gasteiger partial charge in [-0.15, -0.1) is 0 Å². The fourth-order valence-electron chi connectivity index (χ4n) is 2.34. The molecule has 1 unspecified atom stereocenters. The molecule has 3 saturated carbocycles. The Bertz CT molecular complexity index is 104. The zero-order valence-corrected chi connectivity index (χ0v) is 6.01. The Hall–Kier alpha value is -0.0400. The second kappa shape index (κ2) is 1.72. The third-order valence-electron chi connectivity index (χ3n) is 3.27. The third kappa shape index (κ3) is 0.710. The molecular formula is C8H15N. The molecule has 3 fully saturated rings. The molecule has 1 nitrogen and oxygen atoms in total. The molecule has 0 radical (unpaired) electrons. The monoisotopic (exact) mass is 125 g/mol. The van der Waals surface area contributed by atoms with E-state index in [4.69, 9.17) is 5.73 Å². The van der Waals surface area contributed by atoms with Gasteiger partial charge in [-0.1, -0.05) is 6.92 Å². The van der Waals surface area contributed by atoms with E-state index in [0.29, 0.717) is 6.04 Å². The molecule has 3 aliphatic rings. The third-order valence-corrected chi connectivity index (χ3v) is 3.27. The van der Waals surface area contributed by atoms with Crippen LogP contribution in [0.25, 0.3) is 0 Å². The van der Waals surface area contributed by atoms with Crippen molar-refractivity contribution in [2.24, 2.45) is 23.5 Å². The number of hydrogen-bond acceptors (Lipinski definition) is 1. The van der Waals surface area contributed by atoms with Gasteiger partial charge in [0.05, 0.1) is 0 Å². The summed E-state index contributed by atoms with van der Waals surface area (Å²) >= 11 is 0. The van der Waals surface area contributed by atoms with E-state index in [2.05, 4.69) is 6.92 Å². The van der Waals surface area contributed by atoms with Crippen molar-refractivity contribution >= 4 is 0 Å². The summed E-state index contributed by atoms with van der Waals surface area (Å²) in [6.45, 7) is 2.35. The molecule has 0 spiro atoms. The molecule has 0 amide bonds. The van der Waals surface area contributed by atoms with Crippen LogP contribution in [0.15, 0.2) is 0 Å². The van der Waals surface area contributed by atoms with Gasteiger partial charge in [0.25, 0.3) is 0 Å². The maximum Gasteiger partial charge on any atom is 0.00700 e. The summed E-state index contributed by atoms with van der Waals surface area (Å²) in [6.07, 6.45) is 4.15. The fourth-order valence-corrected chi connectivity index (χ4v) is 2.34. The summed E-state index contributed by atoms with van der Waals surface area (Å²) in [5.41, 5.74) is 5.91. The molecule has 0 aliphatic heterocycles. The maximum absolute atomic E-state index is 5.91. The minimum Gasteiger partial charge on any atom is -0.327 e. The lowest BCUT2D eigenvalue weighted by Crippen LogP contribution is -2.48. The lowest BCUT2D eigenvalue weighted by Gasteiger charge is -2.49. The molecule has 0 saturated heterocycles. The van der Waals surface area contributed by atoms with Crippen molar-refractivity contribution in [3.8, 4) is 0 Å². The van der Waals surface area contributed by atoms with Crippen molar-refractivity contribution in [1.82, 2.24) is 0 Å². The highest BCUT2D eigenvalue weighted by molar-refractivity contribution is 4.95. The highest BCUT2D eigenvalue weighted by atomic mass is 14.7. The van der Waals surface area contributed by atoms with Crippen molar-refractivity contribution in [3.63, 3.8) is 0 Å². The van der Waals surface area contributed by atoms with Gasteiger partial charge in [-0.2, -0.15) is 0 Å². The van der Waals surface area contributed by atoms with Crippen LogP contribution in [0, 0.1) is 17.8 Å². The van der Waals surface area contributed by atoms with E-state index in [-0.39, 0.29) is 0 Å². The van der Waals surface area contributed by atoms with Crippen LogP contribution in [0.1, 0.15) is 26.2 Å². The molecule has 9 heavy (non-hydrogen) atoms. The van der Waals surface area contributed by atoms with E-state index in [9.17, 15) is 0 Å². The van der Waals surface area contributed by atoms with E-state index < -0.39 is 0 Å². The van der Waals surface area contributed by atoms with E-state index in [1.807, 2.05) is 0 Å². The smallest absolute Gasteiger partial charge is 0.00700 e. The summed E-state index contributed by atoms with van der Waals surface area (Å²) < 4.78 is 0. The van der Waals surface area contributed by atoms with Crippen LogP contribution in [-0.4, -0.2) is 6.04 Å². The van der Waals surface area contributed by atoms with Gasteiger partial charge in [0, 0.05) is 6.04 Å². The first-order valence-electron chi connectivity index (χ1n) is 4.03. The molecule has 3 aliphatic carbocycles. The Morgan fingerprint density at radius 2 is 1.78 bits per heavy atom. The summed E-state index contributed by atoms with van der Waals surface area (Å²) in [5.74, 6) is 2.88. The molecule has 0 heterocycles. The van der Waals surface area contributed by atoms with Crippen LogP contribution < -0.4 is 5.73 Å². The predicted molar refractivity (Wildman–Crippen MR) is 38.0 cm³/mol. The maximum atomic E-state index is 5.91. The van der Waals surface area contributed by atoms with Gasteiger partial charge in [-0.25, -0.2) is 0 Å². The summed E-state index contributed by atoms with van der Waals surface area (Å²) in [4.78, 5) is 0. The Kier molecular flexibility index (Phi) is 1.10. The lowest BCUT2D eigenvalue weighted by atomic mass is 9.58. The van der Waals surface area contributed by atoms with Gasteiger partial charge in [-0.05, 0) is 37.0 Å². The minimum absolute atomic E-state index is 0.546. The van der Waals surface area contributed by atoms with E-state index in [0.717, 1.165) is 17.8 Å². The van der Waals surface area contributed by atoms with Gasteiger partial charge in [0.15, 0.2) is 0 Å². The Balaban J connectivity index is 2.04. The minimum atomic E-state index is 0.546. The second-order valence-electron chi connectivity index (χ2n) is 3.87. The number of nitrogens with two attached hydrogens (primary N) is 1. The zero-order chi connectivity index (χ0) is 6.43. The highest BCUT2D eigenvalue weighted by Gasteiger charge is 2.42. The Morgan fingerprint density at radius 1 is 1.11 bits per heavy atom. The lowest BCUT2D eigenvalue weighted by molar-refractivity contribution is 0.0396. The molecule has 2 atom stereocenters. The topological polar surface area (TPSA) is 26.0 Å². The number of hydrogen-bond donors (Lipinski definition) is 1. The van der Waals surface area contributed by atoms with Crippen LogP contribution in [-0.2, 0) is 0 Å². The Morgan fingerprint density at radius 3 is 2.11 bits per heavy atom. The van der Waals surface area contributed by atoms with Crippen molar-refractivity contribution in [1.29, 1.82) is 0 Å². The molecule has 2 bridgehead atoms. The van der Waals surface area contributed by atoms with Crippen LogP contribution in [0.4, 0.5) is 0 Å². The average Bonchev–Trinajstić information content (AvgIpc) is 1.57. The molecule has 0 aromatic carbocycles. The Labute approximate surface area is 56.6 Å². The molecule has 0 aromatic heterocycles. The quantitative estimate of drug-likeness (QED) is 0.520. The van der Waals surface area contributed by atoms with Gasteiger partial charge >= 0.3 is 0 Å². The molecule has 52 valence electrons. The SMILES string of the molecule is CC1C[C@@H](N)C2CC1C2. The van der Waals surface area contributed by atoms with Crippen LogP contribution in [0.2, 0.25) is 0 Å². The van der Waals surface area contributed by atoms with Crippen LogP contribution in [0.5, 0.6) is 0 Å². The van der Waals surface area contributed by atoms with Gasteiger partial charge in [0.2, 0.25) is 0 Å². The first-order chi connectivity index (χ1) is 4.27. The second-order valence-corrected chi connectivity index (χ2v) is 3.87. The van der Waals surface area contributed by atoms with Crippen molar-refractivity contribution < 1.29 is 0 Å². The predicted octanol–water partition coefficient (Wildman–Crippen LogP) is 1.38. The summed E-state index contributed by atoms with van der Waals surface area (Å²) in [6, 6.07) is 0.546. The standard InChI is InChI=1S/C8H15N/c1-5-2-8(9)7-3-6(5)4-7/h5-8H,2-4,9H2,1H3/t5?,6?,7?,8-/m1/s1. The first kappa shape index (κ1) is 5.72. The number of rotatable bonds is 0. The first-order valence-corrected chi connectivity index (χ1v) is 4.03. The normalized spacial score (nSPS) is 56.7. The molecule has 0 aromatic rings. The number of fused-ring (bicyclic) bond motifs is 2. The fraction of sp³-hybridized carbons (Fsp3) is 1.00. The van der Waals surface area contributed by atoms with Gasteiger partial charge in [0.1, 0.15) is 0 Å². The summed E-state index contributed by atoms with van der Waals surface area (Å²) in [5, 5.41) is 0. The van der Waals surface area contributed by atoms with Crippen molar-refractivity contribution in [2.45, 2.75) is 32.2 Å². The van der Waals surface area contributed by atoms with E-state index in [1.165, 1.54) is 19.3 Å². The summed E-state index contributed by atoms with van der Waals surface area (Å²) in [7, 11) is 0.